The third kappa shape index (κ3) is 6.84. The maximum atomic E-state index is 12.5. The number of rotatable bonds is 9. The fourth-order valence-corrected chi connectivity index (χ4v) is 5.52. The molecule has 0 aromatic heterocycles. The Morgan fingerprint density at radius 1 is 1.10 bits per heavy atom. The summed E-state index contributed by atoms with van der Waals surface area (Å²) in [4.78, 5) is 12.3. The average molecular weight is 449 g/mol. The van der Waals surface area contributed by atoms with E-state index < -0.39 is 10.0 Å². The van der Waals surface area contributed by atoms with Crippen molar-refractivity contribution in [3.05, 3.63) is 70.8 Å². The lowest BCUT2D eigenvalue weighted by Crippen LogP contribution is -2.41. The number of hydrogen-bond donors (Lipinski definition) is 1. The number of aryl methyl sites for hydroxylation is 1. The van der Waals surface area contributed by atoms with Gasteiger partial charge in [0.1, 0.15) is 0 Å². The lowest BCUT2D eigenvalue weighted by atomic mass is 10.1. The standard InChI is InChI=1S/C22H28N2O4S2/c1-18-3-2-4-20(15-18)16-29-14-9-23-22(25)21-7-5-19(6-8-21)17-30(26,27)24-10-12-28-13-11-24/h2-8,15H,9-14,16-17H2,1H3,(H,23,25). The third-order valence-corrected chi connectivity index (χ3v) is 7.69. The summed E-state index contributed by atoms with van der Waals surface area (Å²) in [5.74, 6) is 1.54. The number of thioether (sulfide) groups is 1. The fourth-order valence-electron chi connectivity index (χ4n) is 3.21. The van der Waals surface area contributed by atoms with Crippen molar-refractivity contribution in [1.29, 1.82) is 0 Å². The number of carbonyl (C=O) groups excluding carboxylic acids is 1. The van der Waals surface area contributed by atoms with E-state index in [0.717, 1.165) is 11.5 Å². The summed E-state index contributed by atoms with van der Waals surface area (Å²) in [5.41, 5.74) is 3.74. The molecule has 0 saturated carbocycles. The van der Waals surface area contributed by atoms with Crippen LogP contribution in [0.15, 0.2) is 48.5 Å². The Bertz CT molecular complexity index is 940. The van der Waals surface area contributed by atoms with Crippen LogP contribution in [-0.2, 0) is 26.3 Å². The second kappa shape index (κ2) is 10.9. The number of ether oxygens (including phenoxy) is 1. The molecule has 0 radical (unpaired) electrons. The molecule has 6 nitrogen and oxygen atoms in total. The summed E-state index contributed by atoms with van der Waals surface area (Å²) in [6, 6.07) is 15.2. The summed E-state index contributed by atoms with van der Waals surface area (Å²) < 4.78 is 31.6. The maximum absolute atomic E-state index is 12.5. The van der Waals surface area contributed by atoms with Crippen molar-refractivity contribution in [1.82, 2.24) is 9.62 Å². The fraction of sp³-hybridized carbons (Fsp3) is 0.409. The molecule has 2 aromatic carbocycles. The van der Waals surface area contributed by atoms with E-state index in [4.69, 9.17) is 4.74 Å². The van der Waals surface area contributed by atoms with Gasteiger partial charge in [-0.2, -0.15) is 16.1 Å². The van der Waals surface area contributed by atoms with Crippen LogP contribution in [-0.4, -0.2) is 57.2 Å². The van der Waals surface area contributed by atoms with E-state index in [0.29, 0.717) is 44.0 Å². The molecule has 30 heavy (non-hydrogen) atoms. The van der Waals surface area contributed by atoms with Crippen LogP contribution >= 0.6 is 11.8 Å². The average Bonchev–Trinajstić information content (AvgIpc) is 2.74. The van der Waals surface area contributed by atoms with Gasteiger partial charge in [-0.3, -0.25) is 4.79 Å². The normalized spacial score (nSPS) is 15.1. The summed E-state index contributed by atoms with van der Waals surface area (Å²) in [6.45, 7) is 4.32. The van der Waals surface area contributed by atoms with Gasteiger partial charge in [0, 0.05) is 36.7 Å². The zero-order chi connectivity index (χ0) is 21.4. The highest BCUT2D eigenvalue weighted by molar-refractivity contribution is 7.98. The Morgan fingerprint density at radius 2 is 1.83 bits per heavy atom. The van der Waals surface area contributed by atoms with Gasteiger partial charge in [-0.15, -0.1) is 0 Å². The van der Waals surface area contributed by atoms with Gasteiger partial charge in [-0.1, -0.05) is 42.0 Å². The van der Waals surface area contributed by atoms with Crippen LogP contribution in [0.2, 0.25) is 0 Å². The van der Waals surface area contributed by atoms with Crippen LogP contribution in [0.1, 0.15) is 27.0 Å². The minimum Gasteiger partial charge on any atom is -0.379 e. The quantitative estimate of drug-likeness (QED) is 0.597. The number of nitrogens with one attached hydrogen (secondary N) is 1. The lowest BCUT2D eigenvalue weighted by Gasteiger charge is -2.26. The molecule has 8 heteroatoms. The molecule has 1 saturated heterocycles. The zero-order valence-electron chi connectivity index (χ0n) is 17.2. The molecule has 0 atom stereocenters. The Labute approximate surface area is 183 Å². The number of nitrogens with zero attached hydrogens (tertiary/aromatic N) is 1. The first-order valence-corrected chi connectivity index (χ1v) is 12.8. The Hall–Kier alpha value is -1.87. The Kier molecular flexibility index (Phi) is 8.32. The van der Waals surface area contributed by atoms with Crippen molar-refractivity contribution < 1.29 is 17.9 Å². The molecule has 1 aliphatic heterocycles. The van der Waals surface area contributed by atoms with Crippen LogP contribution in [0, 0.1) is 6.92 Å². The van der Waals surface area contributed by atoms with Crippen molar-refractivity contribution in [2.24, 2.45) is 0 Å². The SMILES string of the molecule is Cc1cccc(CSCCNC(=O)c2ccc(CS(=O)(=O)N3CCOCC3)cc2)c1. The molecule has 1 heterocycles. The molecule has 162 valence electrons. The van der Waals surface area contributed by atoms with Crippen molar-refractivity contribution in [3.8, 4) is 0 Å². The minimum atomic E-state index is -3.37. The molecule has 0 bridgehead atoms. The molecule has 3 rings (SSSR count). The van der Waals surface area contributed by atoms with Gasteiger partial charge in [0.2, 0.25) is 10.0 Å². The highest BCUT2D eigenvalue weighted by Crippen LogP contribution is 2.15. The highest BCUT2D eigenvalue weighted by Gasteiger charge is 2.24. The molecule has 0 unspecified atom stereocenters. The van der Waals surface area contributed by atoms with Crippen molar-refractivity contribution in [3.63, 3.8) is 0 Å². The van der Waals surface area contributed by atoms with Crippen molar-refractivity contribution in [2.75, 3.05) is 38.6 Å². The van der Waals surface area contributed by atoms with Gasteiger partial charge in [0.05, 0.1) is 19.0 Å². The molecule has 1 aliphatic rings. The molecule has 2 aromatic rings. The first-order valence-electron chi connectivity index (χ1n) is 10.00. The van der Waals surface area contributed by atoms with E-state index in [2.05, 4.69) is 36.5 Å². The monoisotopic (exact) mass is 448 g/mol. The molecule has 1 fully saturated rings. The number of amides is 1. The van der Waals surface area contributed by atoms with Crippen LogP contribution in [0.5, 0.6) is 0 Å². The summed E-state index contributed by atoms with van der Waals surface area (Å²) in [5, 5.41) is 2.92. The predicted octanol–water partition coefficient (Wildman–Crippen LogP) is 2.82. The summed E-state index contributed by atoms with van der Waals surface area (Å²) >= 11 is 1.78. The van der Waals surface area contributed by atoms with Gasteiger partial charge in [0.15, 0.2) is 0 Å². The molecule has 1 N–H and O–H groups in total. The van der Waals surface area contributed by atoms with E-state index in [-0.39, 0.29) is 11.7 Å². The molecule has 1 amide bonds. The summed E-state index contributed by atoms with van der Waals surface area (Å²) in [7, 11) is -3.37. The predicted molar refractivity (Wildman–Crippen MR) is 121 cm³/mol. The lowest BCUT2D eigenvalue weighted by molar-refractivity contribution is 0.0729. The smallest absolute Gasteiger partial charge is 0.251 e. The number of hydrogen-bond acceptors (Lipinski definition) is 5. The van der Waals surface area contributed by atoms with Gasteiger partial charge in [-0.25, -0.2) is 8.42 Å². The van der Waals surface area contributed by atoms with Crippen molar-refractivity contribution in [2.45, 2.75) is 18.4 Å². The van der Waals surface area contributed by atoms with E-state index in [1.807, 2.05) is 0 Å². The van der Waals surface area contributed by atoms with Gasteiger partial charge in [0.25, 0.3) is 5.91 Å². The Balaban J connectivity index is 1.42. The molecular formula is C22H28N2O4S2. The van der Waals surface area contributed by atoms with Crippen LogP contribution in [0.4, 0.5) is 0 Å². The van der Waals surface area contributed by atoms with E-state index in [1.165, 1.54) is 15.4 Å². The largest absolute Gasteiger partial charge is 0.379 e. The van der Waals surface area contributed by atoms with Gasteiger partial charge >= 0.3 is 0 Å². The molecule has 0 spiro atoms. The second-order valence-electron chi connectivity index (χ2n) is 7.26. The van der Waals surface area contributed by atoms with E-state index in [1.54, 1.807) is 36.0 Å². The summed E-state index contributed by atoms with van der Waals surface area (Å²) in [6.07, 6.45) is 0. The number of benzene rings is 2. The number of sulfonamides is 1. The topological polar surface area (TPSA) is 75.7 Å². The Morgan fingerprint density at radius 3 is 2.53 bits per heavy atom. The number of morpholine rings is 1. The zero-order valence-corrected chi connectivity index (χ0v) is 18.8. The van der Waals surface area contributed by atoms with Crippen LogP contribution < -0.4 is 5.32 Å². The van der Waals surface area contributed by atoms with Crippen molar-refractivity contribution >= 4 is 27.7 Å². The van der Waals surface area contributed by atoms with Gasteiger partial charge in [-0.05, 0) is 30.2 Å². The van der Waals surface area contributed by atoms with E-state index in [9.17, 15) is 13.2 Å². The highest BCUT2D eigenvalue weighted by atomic mass is 32.2. The maximum Gasteiger partial charge on any atom is 0.251 e. The first kappa shape index (κ1) is 22.8. The van der Waals surface area contributed by atoms with E-state index >= 15 is 0 Å². The third-order valence-electron chi connectivity index (χ3n) is 4.81. The molecular weight excluding hydrogens is 420 g/mol. The van der Waals surface area contributed by atoms with Crippen LogP contribution in [0.3, 0.4) is 0 Å². The van der Waals surface area contributed by atoms with Crippen LogP contribution in [0.25, 0.3) is 0 Å². The van der Waals surface area contributed by atoms with Gasteiger partial charge < -0.3 is 10.1 Å². The minimum absolute atomic E-state index is 0.0650. The number of carbonyl (C=O) groups is 1. The first-order chi connectivity index (χ1) is 14.4. The second-order valence-corrected chi connectivity index (χ2v) is 10.3. The molecule has 0 aliphatic carbocycles.